The summed E-state index contributed by atoms with van der Waals surface area (Å²) in [5, 5.41) is 14.0. The fourth-order valence-electron chi connectivity index (χ4n) is 4.02. The van der Waals surface area contributed by atoms with E-state index < -0.39 is 6.61 Å². The van der Waals surface area contributed by atoms with Gasteiger partial charge in [0.05, 0.1) is 24.9 Å². The third-order valence-electron chi connectivity index (χ3n) is 5.88. The van der Waals surface area contributed by atoms with Crippen LogP contribution in [0.15, 0.2) is 66.9 Å². The van der Waals surface area contributed by atoms with Crippen LogP contribution < -0.4 is 9.47 Å². The van der Waals surface area contributed by atoms with Gasteiger partial charge in [0.25, 0.3) is 0 Å². The first-order valence-electron chi connectivity index (χ1n) is 12.3. The molecule has 0 amide bonds. The van der Waals surface area contributed by atoms with Gasteiger partial charge in [-0.05, 0) is 72.6 Å². The highest BCUT2D eigenvalue weighted by atomic mass is 19.1. The van der Waals surface area contributed by atoms with Crippen molar-refractivity contribution in [2.75, 3.05) is 19.8 Å². The summed E-state index contributed by atoms with van der Waals surface area (Å²) < 4.78 is 26.6. The van der Waals surface area contributed by atoms with Crippen molar-refractivity contribution in [3.63, 3.8) is 0 Å². The van der Waals surface area contributed by atoms with Crippen LogP contribution in [0.4, 0.5) is 4.39 Å². The molecule has 4 aromatic rings. The Bertz CT molecular complexity index is 1380. The van der Waals surface area contributed by atoms with Crippen molar-refractivity contribution in [1.29, 1.82) is 0 Å². The maximum atomic E-state index is 13.2. The van der Waals surface area contributed by atoms with Gasteiger partial charge >= 0.3 is 0 Å². The lowest BCUT2D eigenvalue weighted by Gasteiger charge is -2.13. The van der Waals surface area contributed by atoms with Crippen molar-refractivity contribution in [3.05, 3.63) is 89.4 Å². The van der Waals surface area contributed by atoms with E-state index in [1.807, 2.05) is 30.3 Å². The van der Waals surface area contributed by atoms with E-state index in [1.54, 1.807) is 16.9 Å². The van der Waals surface area contributed by atoms with Crippen molar-refractivity contribution < 1.29 is 28.6 Å². The Morgan fingerprint density at radius 1 is 0.973 bits per heavy atom. The third-order valence-corrected chi connectivity index (χ3v) is 5.88. The number of rotatable bonds is 13. The van der Waals surface area contributed by atoms with Gasteiger partial charge in [0.1, 0.15) is 30.5 Å². The minimum absolute atomic E-state index is 0.0267. The molecule has 0 bridgehead atoms. The predicted molar refractivity (Wildman–Crippen MR) is 138 cm³/mol. The monoisotopic (exact) mass is 504 g/mol. The van der Waals surface area contributed by atoms with E-state index >= 15 is 0 Å². The average Bonchev–Trinajstić information content (AvgIpc) is 3.31. The number of ether oxygens (including phenoxy) is 2. The number of halogens is 1. The fourth-order valence-corrected chi connectivity index (χ4v) is 4.02. The normalized spacial score (nSPS) is 11.0. The molecule has 3 aromatic carbocycles. The van der Waals surface area contributed by atoms with Crippen LogP contribution in [0.1, 0.15) is 41.3 Å². The standard InChI is InChI=1S/C29H29FN2O5/c1-2-4-21-15-22(29(35)20-5-8-24(30)9-6-20)7-12-28(21)37-14-3-13-36-26-10-11-27-23(16-26)17-31-32(27)18-25(34)19-33/h5-12,15-17,33H,2-4,13-14,18-19H2,1H3. The molecule has 0 atom stereocenters. The number of aryl methyl sites for hydroxylation is 1. The van der Waals surface area contributed by atoms with Gasteiger partial charge in [0.15, 0.2) is 11.6 Å². The largest absolute Gasteiger partial charge is 0.493 e. The second kappa shape index (κ2) is 12.3. The molecule has 37 heavy (non-hydrogen) atoms. The van der Waals surface area contributed by atoms with E-state index in [0.717, 1.165) is 35.1 Å². The summed E-state index contributed by atoms with van der Waals surface area (Å²) in [5.74, 6) is 0.598. The van der Waals surface area contributed by atoms with Crippen molar-refractivity contribution in [2.24, 2.45) is 0 Å². The molecule has 1 aromatic heterocycles. The van der Waals surface area contributed by atoms with E-state index in [4.69, 9.17) is 14.6 Å². The van der Waals surface area contributed by atoms with E-state index in [0.29, 0.717) is 36.5 Å². The van der Waals surface area contributed by atoms with Crippen LogP contribution in [0.3, 0.4) is 0 Å². The highest BCUT2D eigenvalue weighted by molar-refractivity contribution is 6.09. The number of benzene rings is 3. The first kappa shape index (κ1) is 26.0. The van der Waals surface area contributed by atoms with Crippen LogP contribution in [-0.2, 0) is 17.8 Å². The van der Waals surface area contributed by atoms with Gasteiger partial charge in [-0.1, -0.05) is 13.3 Å². The van der Waals surface area contributed by atoms with Gasteiger partial charge in [-0.25, -0.2) is 4.39 Å². The van der Waals surface area contributed by atoms with Crippen LogP contribution >= 0.6 is 0 Å². The zero-order chi connectivity index (χ0) is 26.2. The molecule has 0 spiro atoms. The molecule has 8 heteroatoms. The van der Waals surface area contributed by atoms with Crippen molar-refractivity contribution in [2.45, 2.75) is 32.7 Å². The smallest absolute Gasteiger partial charge is 0.193 e. The number of hydrogen-bond donors (Lipinski definition) is 1. The lowest BCUT2D eigenvalue weighted by molar-refractivity contribution is -0.122. The molecular formula is C29H29FN2O5. The van der Waals surface area contributed by atoms with Crippen LogP contribution in [0.2, 0.25) is 0 Å². The predicted octanol–water partition coefficient (Wildman–Crippen LogP) is 4.77. The van der Waals surface area contributed by atoms with Gasteiger partial charge in [0.2, 0.25) is 0 Å². The second-order valence-electron chi connectivity index (χ2n) is 8.68. The van der Waals surface area contributed by atoms with Crippen LogP contribution in [0.5, 0.6) is 11.5 Å². The van der Waals surface area contributed by atoms with Gasteiger partial charge in [0, 0.05) is 22.9 Å². The van der Waals surface area contributed by atoms with Gasteiger partial charge in [-0.15, -0.1) is 0 Å². The summed E-state index contributed by atoms with van der Waals surface area (Å²) in [6, 6.07) is 16.5. The number of nitrogens with zero attached hydrogens (tertiary/aromatic N) is 2. The van der Waals surface area contributed by atoms with E-state index in [2.05, 4.69) is 12.0 Å². The molecule has 0 radical (unpaired) electrons. The highest BCUT2D eigenvalue weighted by Gasteiger charge is 2.13. The summed E-state index contributed by atoms with van der Waals surface area (Å²) in [6.07, 6.45) is 3.99. The number of Topliss-reactive ketones (excluding diaryl/α,β-unsaturated/α-hetero) is 1. The molecular weight excluding hydrogens is 475 g/mol. The molecule has 0 fully saturated rings. The number of carbonyl (C=O) groups excluding carboxylic acids is 2. The number of ketones is 2. The van der Waals surface area contributed by atoms with Crippen LogP contribution in [-0.4, -0.2) is 46.3 Å². The zero-order valence-electron chi connectivity index (χ0n) is 20.7. The molecule has 4 rings (SSSR count). The molecule has 0 aliphatic rings. The Balaban J connectivity index is 1.31. The molecule has 1 N–H and O–H groups in total. The maximum absolute atomic E-state index is 13.2. The Morgan fingerprint density at radius 2 is 1.73 bits per heavy atom. The lowest BCUT2D eigenvalue weighted by atomic mass is 9.99. The number of aliphatic hydroxyl groups excluding tert-OH is 1. The minimum Gasteiger partial charge on any atom is -0.493 e. The van der Waals surface area contributed by atoms with E-state index in [9.17, 15) is 14.0 Å². The van der Waals surface area contributed by atoms with E-state index in [1.165, 1.54) is 24.3 Å². The molecule has 0 unspecified atom stereocenters. The van der Waals surface area contributed by atoms with Crippen LogP contribution in [0, 0.1) is 5.82 Å². The topological polar surface area (TPSA) is 90.7 Å². The number of hydrogen-bond acceptors (Lipinski definition) is 6. The van der Waals surface area contributed by atoms with Crippen molar-refractivity contribution >= 4 is 22.5 Å². The Labute approximate surface area is 214 Å². The first-order valence-corrected chi connectivity index (χ1v) is 12.3. The molecule has 0 aliphatic heterocycles. The molecule has 7 nitrogen and oxygen atoms in total. The summed E-state index contributed by atoms with van der Waals surface area (Å²) in [5.41, 5.74) is 2.74. The number of carbonyl (C=O) groups is 2. The van der Waals surface area contributed by atoms with Crippen molar-refractivity contribution in [3.8, 4) is 11.5 Å². The fraction of sp³-hybridized carbons (Fsp3) is 0.276. The molecule has 192 valence electrons. The average molecular weight is 505 g/mol. The quantitative estimate of drug-likeness (QED) is 0.208. The Morgan fingerprint density at radius 3 is 2.49 bits per heavy atom. The second-order valence-corrected chi connectivity index (χ2v) is 8.68. The molecule has 1 heterocycles. The molecule has 0 saturated heterocycles. The Kier molecular flexibility index (Phi) is 8.64. The third kappa shape index (κ3) is 6.59. The SMILES string of the molecule is CCCc1cc(C(=O)c2ccc(F)cc2)ccc1OCCCOc1ccc2c(cnn2CC(=O)CO)c1. The van der Waals surface area contributed by atoms with Gasteiger partial charge < -0.3 is 14.6 Å². The van der Waals surface area contributed by atoms with Gasteiger partial charge in [-0.3, -0.25) is 14.3 Å². The van der Waals surface area contributed by atoms with Gasteiger partial charge in [-0.2, -0.15) is 5.10 Å². The maximum Gasteiger partial charge on any atom is 0.193 e. The summed E-state index contributed by atoms with van der Waals surface area (Å²) >= 11 is 0. The van der Waals surface area contributed by atoms with E-state index in [-0.39, 0.29) is 23.9 Å². The number of fused-ring (bicyclic) bond motifs is 1. The zero-order valence-corrected chi connectivity index (χ0v) is 20.7. The summed E-state index contributed by atoms with van der Waals surface area (Å²) in [6.45, 7) is 2.48. The Hall–Kier alpha value is -4.04. The highest BCUT2D eigenvalue weighted by Crippen LogP contribution is 2.24. The summed E-state index contributed by atoms with van der Waals surface area (Å²) in [4.78, 5) is 24.3. The molecule has 0 aliphatic carbocycles. The lowest BCUT2D eigenvalue weighted by Crippen LogP contribution is -2.14. The van der Waals surface area contributed by atoms with Crippen LogP contribution in [0.25, 0.3) is 10.9 Å². The first-order chi connectivity index (χ1) is 18.0. The van der Waals surface area contributed by atoms with Crippen molar-refractivity contribution in [1.82, 2.24) is 9.78 Å². The number of aromatic nitrogens is 2. The molecule has 0 saturated carbocycles. The number of aliphatic hydroxyl groups is 1. The minimum atomic E-state index is -0.511. The summed E-state index contributed by atoms with van der Waals surface area (Å²) in [7, 11) is 0.